The zero-order valence-corrected chi connectivity index (χ0v) is 24.1. The summed E-state index contributed by atoms with van der Waals surface area (Å²) in [4.78, 5) is 32.5. The number of carboxylic acid groups (broad SMARTS) is 1. The monoisotopic (exact) mass is 573 g/mol. The van der Waals surface area contributed by atoms with Crippen LogP contribution < -0.4 is 10.1 Å². The fraction of sp³-hybridized carbons (Fsp3) is 0.176. The van der Waals surface area contributed by atoms with Gasteiger partial charge >= 0.3 is 5.97 Å². The molecule has 3 aromatic heterocycles. The third-order valence-corrected chi connectivity index (χ3v) is 7.77. The van der Waals surface area contributed by atoms with Gasteiger partial charge in [0.05, 0.1) is 35.3 Å². The Morgan fingerprint density at radius 3 is 2.56 bits per heavy atom. The summed E-state index contributed by atoms with van der Waals surface area (Å²) in [5, 5.41) is 19.9. The van der Waals surface area contributed by atoms with Crippen LogP contribution in [-0.2, 0) is 13.5 Å². The molecule has 6 aromatic rings. The Bertz CT molecular complexity index is 2000. The van der Waals surface area contributed by atoms with E-state index in [2.05, 4.69) is 32.5 Å². The molecule has 0 fully saturated rings. The Morgan fingerprint density at radius 1 is 1.00 bits per heavy atom. The van der Waals surface area contributed by atoms with Gasteiger partial charge < -0.3 is 20.1 Å². The minimum Gasteiger partial charge on any atom is -0.493 e. The third kappa shape index (κ3) is 5.32. The molecular formula is C34H31N5O4. The van der Waals surface area contributed by atoms with Crippen LogP contribution in [0.15, 0.2) is 79.1 Å². The highest BCUT2D eigenvalue weighted by molar-refractivity contribution is 6.10. The summed E-state index contributed by atoms with van der Waals surface area (Å²) in [5.74, 6) is -0.672. The molecule has 0 spiro atoms. The number of aryl methyl sites for hydroxylation is 3. The number of carboxylic acids is 1. The van der Waals surface area contributed by atoms with Gasteiger partial charge in [0, 0.05) is 40.8 Å². The van der Waals surface area contributed by atoms with Crippen molar-refractivity contribution >= 4 is 39.2 Å². The average Bonchev–Trinajstić information content (AvgIpc) is 3.50. The molecule has 0 aliphatic carbocycles. The van der Waals surface area contributed by atoms with Gasteiger partial charge in [0.1, 0.15) is 11.4 Å². The van der Waals surface area contributed by atoms with E-state index in [9.17, 15) is 14.7 Å². The second kappa shape index (κ2) is 11.4. The maximum Gasteiger partial charge on any atom is 0.337 e. The largest absolute Gasteiger partial charge is 0.493 e. The van der Waals surface area contributed by atoms with Crippen molar-refractivity contribution < 1.29 is 19.4 Å². The average molecular weight is 574 g/mol. The van der Waals surface area contributed by atoms with Gasteiger partial charge in [0.15, 0.2) is 0 Å². The number of para-hydroxylation sites is 1. The molecule has 0 aliphatic rings. The number of benzene rings is 3. The molecule has 0 aliphatic heterocycles. The van der Waals surface area contributed by atoms with Crippen molar-refractivity contribution in [2.75, 3.05) is 11.9 Å². The number of hydrogen-bond acceptors (Lipinski definition) is 5. The summed E-state index contributed by atoms with van der Waals surface area (Å²) >= 11 is 0. The second-order valence-corrected chi connectivity index (χ2v) is 10.5. The molecule has 0 radical (unpaired) electrons. The Morgan fingerprint density at radius 2 is 1.77 bits per heavy atom. The lowest BCUT2D eigenvalue weighted by Crippen LogP contribution is -2.15. The number of rotatable bonds is 9. The highest BCUT2D eigenvalue weighted by Gasteiger charge is 2.22. The van der Waals surface area contributed by atoms with Crippen molar-refractivity contribution in [3.05, 3.63) is 107 Å². The first-order chi connectivity index (χ1) is 20.8. The van der Waals surface area contributed by atoms with Crippen LogP contribution in [0.2, 0.25) is 0 Å². The van der Waals surface area contributed by atoms with Crippen LogP contribution in [0.3, 0.4) is 0 Å². The van der Waals surface area contributed by atoms with Gasteiger partial charge in [-0.15, -0.1) is 0 Å². The molecule has 0 saturated heterocycles. The van der Waals surface area contributed by atoms with E-state index in [1.807, 2.05) is 74.1 Å². The SMILES string of the molecule is Cc1nn(C)c(C)c1-c1cccc2c(CCCOc3cccc4ccccc34)c(C(=O)Nc3cncc(C(=O)O)c3)[nH]c12. The topological polar surface area (TPSA) is 122 Å². The minimum absolute atomic E-state index is 0.00920. The minimum atomic E-state index is -1.12. The second-order valence-electron chi connectivity index (χ2n) is 10.5. The first kappa shape index (κ1) is 27.7. The summed E-state index contributed by atoms with van der Waals surface area (Å²) < 4.78 is 8.06. The van der Waals surface area contributed by atoms with E-state index in [-0.39, 0.29) is 11.5 Å². The van der Waals surface area contributed by atoms with Gasteiger partial charge in [-0.1, -0.05) is 54.6 Å². The number of H-pyrrole nitrogens is 1. The summed E-state index contributed by atoms with van der Waals surface area (Å²) in [6.45, 7) is 4.47. The van der Waals surface area contributed by atoms with Crippen molar-refractivity contribution in [2.45, 2.75) is 26.7 Å². The normalized spacial score (nSPS) is 11.2. The maximum absolute atomic E-state index is 13.7. The van der Waals surface area contributed by atoms with E-state index in [1.54, 1.807) is 0 Å². The lowest BCUT2D eigenvalue weighted by atomic mass is 9.98. The van der Waals surface area contributed by atoms with E-state index < -0.39 is 5.97 Å². The Labute approximate surface area is 248 Å². The Hall–Kier alpha value is -5.44. The number of amides is 1. The smallest absolute Gasteiger partial charge is 0.337 e. The fourth-order valence-corrected chi connectivity index (χ4v) is 5.67. The van der Waals surface area contributed by atoms with E-state index in [1.165, 1.54) is 18.5 Å². The molecule has 3 aromatic carbocycles. The molecule has 0 unspecified atom stereocenters. The van der Waals surface area contributed by atoms with E-state index in [0.717, 1.165) is 55.5 Å². The van der Waals surface area contributed by atoms with Crippen LogP contribution in [0.5, 0.6) is 5.75 Å². The maximum atomic E-state index is 13.7. The number of hydrogen-bond donors (Lipinski definition) is 3. The Kier molecular flexibility index (Phi) is 7.38. The molecule has 3 heterocycles. The molecule has 3 N–H and O–H groups in total. The number of pyridine rings is 1. The van der Waals surface area contributed by atoms with Gasteiger partial charge in [-0.2, -0.15) is 5.10 Å². The van der Waals surface area contributed by atoms with Crippen LogP contribution in [-0.4, -0.2) is 43.3 Å². The number of carbonyl (C=O) groups excluding carboxylic acids is 1. The fourth-order valence-electron chi connectivity index (χ4n) is 5.67. The van der Waals surface area contributed by atoms with Gasteiger partial charge in [-0.05, 0) is 49.8 Å². The highest BCUT2D eigenvalue weighted by Crippen LogP contribution is 2.36. The lowest BCUT2D eigenvalue weighted by molar-refractivity contribution is 0.0696. The molecule has 9 heteroatoms. The van der Waals surface area contributed by atoms with Crippen LogP contribution in [0, 0.1) is 13.8 Å². The van der Waals surface area contributed by atoms with Crippen molar-refractivity contribution in [1.29, 1.82) is 0 Å². The number of aromatic amines is 1. The number of aromatic carboxylic acids is 1. The molecule has 0 atom stereocenters. The van der Waals surface area contributed by atoms with E-state index in [4.69, 9.17) is 4.74 Å². The van der Waals surface area contributed by atoms with Gasteiger partial charge in [-0.25, -0.2) is 4.79 Å². The zero-order valence-electron chi connectivity index (χ0n) is 24.1. The van der Waals surface area contributed by atoms with Gasteiger partial charge in [0.25, 0.3) is 5.91 Å². The van der Waals surface area contributed by atoms with Gasteiger partial charge in [-0.3, -0.25) is 14.5 Å². The highest BCUT2D eigenvalue weighted by atomic mass is 16.5. The van der Waals surface area contributed by atoms with E-state index in [0.29, 0.717) is 30.8 Å². The number of aromatic nitrogens is 4. The molecule has 0 saturated carbocycles. The third-order valence-electron chi connectivity index (χ3n) is 7.77. The first-order valence-corrected chi connectivity index (χ1v) is 14.1. The number of ether oxygens (including phenoxy) is 1. The van der Waals surface area contributed by atoms with Crippen LogP contribution in [0.4, 0.5) is 5.69 Å². The van der Waals surface area contributed by atoms with Crippen LogP contribution in [0.1, 0.15) is 44.2 Å². The summed E-state index contributed by atoms with van der Waals surface area (Å²) in [6.07, 6.45) is 3.92. The van der Waals surface area contributed by atoms with E-state index >= 15 is 0 Å². The predicted molar refractivity (Wildman–Crippen MR) is 167 cm³/mol. The molecule has 1 amide bonds. The van der Waals surface area contributed by atoms with Crippen molar-refractivity contribution in [1.82, 2.24) is 19.7 Å². The van der Waals surface area contributed by atoms with Crippen LogP contribution in [0.25, 0.3) is 32.8 Å². The van der Waals surface area contributed by atoms with Crippen molar-refractivity contribution in [3.63, 3.8) is 0 Å². The van der Waals surface area contributed by atoms with Crippen molar-refractivity contribution in [2.24, 2.45) is 7.05 Å². The first-order valence-electron chi connectivity index (χ1n) is 14.1. The lowest BCUT2D eigenvalue weighted by Gasteiger charge is -2.10. The molecule has 6 rings (SSSR count). The molecule has 9 nitrogen and oxygen atoms in total. The molecular weight excluding hydrogens is 542 g/mol. The zero-order chi connectivity index (χ0) is 30.1. The molecule has 43 heavy (non-hydrogen) atoms. The summed E-state index contributed by atoms with van der Waals surface area (Å²) in [7, 11) is 1.92. The molecule has 0 bridgehead atoms. The Balaban J connectivity index is 1.34. The predicted octanol–water partition coefficient (Wildman–Crippen LogP) is 6.70. The number of carbonyl (C=O) groups is 2. The van der Waals surface area contributed by atoms with Gasteiger partial charge in [0.2, 0.25) is 0 Å². The number of nitrogens with one attached hydrogen (secondary N) is 2. The number of nitrogens with zero attached hydrogens (tertiary/aromatic N) is 3. The summed E-state index contributed by atoms with van der Waals surface area (Å²) in [5.41, 5.74) is 6.30. The summed E-state index contributed by atoms with van der Waals surface area (Å²) in [6, 6.07) is 21.6. The van der Waals surface area contributed by atoms with Crippen molar-refractivity contribution in [3.8, 4) is 16.9 Å². The number of fused-ring (bicyclic) bond motifs is 2. The number of anilines is 1. The standard InChI is InChI=1S/C34H31N5O4/c1-20-30(21(2)39(3)38-20)28-13-7-12-26-27(14-8-16-43-29-15-6-10-22-9-4-5-11-25(22)29)32(37-31(26)28)33(40)36-24-17-23(34(41)42)18-35-19-24/h4-7,9-13,15,17-19,37H,8,14,16H2,1-3H3,(H,36,40)(H,41,42). The quantitative estimate of drug-likeness (QED) is 0.166. The van der Waals surface area contributed by atoms with Crippen LogP contribution >= 0.6 is 0 Å². The molecule has 216 valence electrons.